The fourth-order valence-corrected chi connectivity index (χ4v) is 8.96. The van der Waals surface area contributed by atoms with Crippen molar-refractivity contribution in [2.45, 2.75) is 0 Å². The van der Waals surface area contributed by atoms with Gasteiger partial charge in [0.25, 0.3) is 0 Å². The van der Waals surface area contributed by atoms with Crippen molar-refractivity contribution in [1.82, 2.24) is 4.57 Å². The predicted octanol–water partition coefficient (Wildman–Crippen LogP) is 15.6. The predicted molar refractivity (Wildman–Crippen MR) is 247 cm³/mol. The van der Waals surface area contributed by atoms with Crippen LogP contribution < -0.4 is 4.90 Å². The van der Waals surface area contributed by atoms with Crippen molar-refractivity contribution < 1.29 is 0 Å². The molecular formula is C56H38N2. The van der Waals surface area contributed by atoms with Crippen molar-refractivity contribution in [1.29, 1.82) is 0 Å². The van der Waals surface area contributed by atoms with E-state index in [0.29, 0.717) is 0 Å². The Morgan fingerprint density at radius 2 is 0.897 bits per heavy atom. The van der Waals surface area contributed by atoms with E-state index in [1.165, 1.54) is 71.2 Å². The number of para-hydroxylation sites is 2. The Morgan fingerprint density at radius 3 is 1.64 bits per heavy atom. The van der Waals surface area contributed by atoms with Crippen LogP contribution in [0.5, 0.6) is 0 Å². The van der Waals surface area contributed by atoms with Crippen LogP contribution in [0.3, 0.4) is 0 Å². The first-order chi connectivity index (χ1) is 28.8. The first-order valence-electron chi connectivity index (χ1n) is 19.9. The number of hydrogen-bond donors (Lipinski definition) is 0. The monoisotopic (exact) mass is 738 g/mol. The summed E-state index contributed by atoms with van der Waals surface area (Å²) in [6, 6.07) is 83.7. The van der Waals surface area contributed by atoms with Crippen LogP contribution in [0.2, 0.25) is 0 Å². The molecule has 0 saturated carbocycles. The quantitative estimate of drug-likeness (QED) is 0.158. The fraction of sp³-hybridized carbons (Fsp3) is 0. The number of anilines is 3. The largest absolute Gasteiger partial charge is 0.308 e. The molecule has 2 heteroatoms. The zero-order valence-corrected chi connectivity index (χ0v) is 31.8. The lowest BCUT2D eigenvalue weighted by molar-refractivity contribution is 1.17. The van der Waals surface area contributed by atoms with Crippen molar-refractivity contribution in [3.05, 3.63) is 231 Å². The highest BCUT2D eigenvalue weighted by Gasteiger charge is 2.23. The summed E-state index contributed by atoms with van der Waals surface area (Å²) in [6.07, 6.45) is 0. The molecular weight excluding hydrogens is 701 g/mol. The summed E-state index contributed by atoms with van der Waals surface area (Å²) in [5.41, 5.74) is 14.0. The van der Waals surface area contributed by atoms with Gasteiger partial charge in [-0.15, -0.1) is 0 Å². The van der Waals surface area contributed by atoms with Gasteiger partial charge in [-0.25, -0.2) is 0 Å². The van der Waals surface area contributed by atoms with Gasteiger partial charge in [-0.3, -0.25) is 0 Å². The summed E-state index contributed by atoms with van der Waals surface area (Å²) < 4.78 is 2.45. The van der Waals surface area contributed by atoms with Gasteiger partial charge in [0.1, 0.15) is 0 Å². The van der Waals surface area contributed by atoms with Gasteiger partial charge in [0.05, 0.1) is 16.7 Å². The average molecular weight is 739 g/mol. The molecule has 1 aromatic heterocycles. The van der Waals surface area contributed by atoms with Gasteiger partial charge >= 0.3 is 0 Å². The van der Waals surface area contributed by atoms with Crippen LogP contribution in [0.25, 0.3) is 82.4 Å². The SMILES string of the molecule is c1ccc(-c2cccc(N(c3ccc(-c4cccc5cccc(-c6ccccc6)c45)cc3)c3cccc4c5c6ccccc6ccc5n(-c5ccccc5)c34)c2)cc1. The lowest BCUT2D eigenvalue weighted by Crippen LogP contribution is -2.11. The smallest absolute Gasteiger partial charge is 0.0782 e. The molecule has 0 aliphatic carbocycles. The van der Waals surface area contributed by atoms with Gasteiger partial charge in [-0.1, -0.05) is 182 Å². The van der Waals surface area contributed by atoms with E-state index in [9.17, 15) is 0 Å². The Labute approximate surface area is 338 Å². The molecule has 0 amide bonds. The summed E-state index contributed by atoms with van der Waals surface area (Å²) in [4.78, 5) is 2.44. The molecule has 0 aliphatic heterocycles. The Bertz CT molecular complexity index is 3250. The van der Waals surface area contributed by atoms with Gasteiger partial charge in [0.2, 0.25) is 0 Å². The third-order valence-corrected chi connectivity index (χ3v) is 11.5. The van der Waals surface area contributed by atoms with E-state index >= 15 is 0 Å². The van der Waals surface area contributed by atoms with Crippen molar-refractivity contribution in [3.63, 3.8) is 0 Å². The summed E-state index contributed by atoms with van der Waals surface area (Å²) in [6.45, 7) is 0. The molecule has 58 heavy (non-hydrogen) atoms. The molecule has 0 aliphatic rings. The molecule has 0 spiro atoms. The second-order valence-electron chi connectivity index (χ2n) is 14.9. The van der Waals surface area contributed by atoms with Crippen molar-refractivity contribution >= 4 is 60.4 Å². The second-order valence-corrected chi connectivity index (χ2v) is 14.9. The number of fused-ring (bicyclic) bond motifs is 6. The third-order valence-electron chi connectivity index (χ3n) is 11.5. The van der Waals surface area contributed by atoms with Gasteiger partial charge in [0.15, 0.2) is 0 Å². The first kappa shape index (κ1) is 33.6. The maximum absolute atomic E-state index is 2.45. The van der Waals surface area contributed by atoms with E-state index in [1.54, 1.807) is 0 Å². The van der Waals surface area contributed by atoms with Crippen LogP contribution in [0.15, 0.2) is 231 Å². The van der Waals surface area contributed by atoms with Crippen molar-refractivity contribution in [2.75, 3.05) is 4.90 Å². The van der Waals surface area contributed by atoms with Crippen LogP contribution >= 0.6 is 0 Å². The van der Waals surface area contributed by atoms with Crippen molar-refractivity contribution in [3.8, 4) is 39.1 Å². The molecule has 0 N–H and O–H groups in total. The van der Waals surface area contributed by atoms with Crippen LogP contribution in [0, 0.1) is 0 Å². The number of nitrogens with zero attached hydrogens (tertiary/aromatic N) is 2. The number of hydrogen-bond acceptors (Lipinski definition) is 1. The molecule has 10 aromatic carbocycles. The van der Waals surface area contributed by atoms with E-state index < -0.39 is 0 Å². The molecule has 0 unspecified atom stereocenters. The molecule has 11 aromatic rings. The normalized spacial score (nSPS) is 11.4. The lowest BCUT2D eigenvalue weighted by Gasteiger charge is -2.28. The van der Waals surface area contributed by atoms with E-state index in [2.05, 4.69) is 240 Å². The Morgan fingerprint density at radius 1 is 0.328 bits per heavy atom. The fourth-order valence-electron chi connectivity index (χ4n) is 8.96. The highest BCUT2D eigenvalue weighted by atomic mass is 15.2. The standard InChI is InChI=1S/C56H38N2/c1-4-16-39(17-5-1)44-23-12-26-47(38-44)57(46-35-32-42(33-36-46)49-29-14-22-43-21-13-28-48(54(43)49)40-18-6-2-7-19-40)53-31-15-30-51-55-50-27-11-10-20-41(50)34-37-52(55)58(56(51)53)45-24-8-3-9-25-45/h1-38H. The second kappa shape index (κ2) is 14.1. The van der Waals surface area contributed by atoms with Gasteiger partial charge in [-0.05, 0) is 103 Å². The minimum Gasteiger partial charge on any atom is -0.308 e. The molecule has 0 radical (unpaired) electrons. The average Bonchev–Trinajstić information content (AvgIpc) is 3.66. The summed E-state index contributed by atoms with van der Waals surface area (Å²) in [5.74, 6) is 0. The zero-order valence-electron chi connectivity index (χ0n) is 31.8. The number of benzene rings is 10. The Balaban J connectivity index is 1.16. The first-order valence-corrected chi connectivity index (χ1v) is 19.9. The Kier molecular flexibility index (Phi) is 8.19. The maximum Gasteiger partial charge on any atom is 0.0782 e. The van der Waals surface area contributed by atoms with Crippen molar-refractivity contribution in [2.24, 2.45) is 0 Å². The third kappa shape index (κ3) is 5.66. The van der Waals surface area contributed by atoms with Crippen LogP contribution in [-0.2, 0) is 0 Å². The molecule has 0 saturated heterocycles. The summed E-state index contributed by atoms with van der Waals surface area (Å²) in [5, 5.41) is 7.47. The minimum absolute atomic E-state index is 1.08. The summed E-state index contributed by atoms with van der Waals surface area (Å²) >= 11 is 0. The molecule has 0 fully saturated rings. The van der Waals surface area contributed by atoms with Gasteiger partial charge in [-0.2, -0.15) is 0 Å². The highest BCUT2D eigenvalue weighted by Crippen LogP contribution is 2.46. The van der Waals surface area contributed by atoms with Crippen LogP contribution in [0.4, 0.5) is 17.1 Å². The zero-order chi connectivity index (χ0) is 38.4. The maximum atomic E-state index is 2.45. The van der Waals surface area contributed by atoms with Crippen LogP contribution in [0.1, 0.15) is 0 Å². The van der Waals surface area contributed by atoms with Crippen LogP contribution in [-0.4, -0.2) is 4.57 Å². The van der Waals surface area contributed by atoms with Gasteiger partial charge in [0, 0.05) is 27.8 Å². The Hall–Kier alpha value is -7.68. The molecule has 11 rings (SSSR count). The highest BCUT2D eigenvalue weighted by molar-refractivity contribution is 6.23. The molecule has 0 bridgehead atoms. The molecule has 1 heterocycles. The molecule has 2 nitrogen and oxygen atoms in total. The summed E-state index contributed by atoms with van der Waals surface area (Å²) in [7, 11) is 0. The van der Waals surface area contributed by atoms with Gasteiger partial charge < -0.3 is 9.47 Å². The van der Waals surface area contributed by atoms with E-state index in [-0.39, 0.29) is 0 Å². The molecule has 0 atom stereocenters. The number of aromatic nitrogens is 1. The minimum atomic E-state index is 1.08. The van der Waals surface area contributed by atoms with E-state index in [4.69, 9.17) is 0 Å². The molecule has 272 valence electrons. The topological polar surface area (TPSA) is 8.17 Å². The van der Waals surface area contributed by atoms with E-state index in [0.717, 1.165) is 28.3 Å². The lowest BCUT2D eigenvalue weighted by atomic mass is 9.91. The number of rotatable bonds is 7. The van der Waals surface area contributed by atoms with E-state index in [1.807, 2.05) is 0 Å².